The smallest absolute Gasteiger partial charge is 0.323 e. The summed E-state index contributed by atoms with van der Waals surface area (Å²) < 4.78 is 5.98. The summed E-state index contributed by atoms with van der Waals surface area (Å²) in [6.45, 7) is 3.02. The van der Waals surface area contributed by atoms with Crippen molar-refractivity contribution in [2.75, 3.05) is 7.11 Å². The Hall–Kier alpha value is -1.56. The van der Waals surface area contributed by atoms with Crippen molar-refractivity contribution in [3.8, 4) is 0 Å². The Kier molecular flexibility index (Phi) is 4.01. The van der Waals surface area contributed by atoms with E-state index >= 15 is 0 Å². The van der Waals surface area contributed by atoms with E-state index in [1.165, 1.54) is 11.6 Å². The number of hydrogen-bond donors (Lipinski definition) is 1. The Morgan fingerprint density at radius 1 is 1.56 bits per heavy atom. The number of aromatic nitrogens is 2. The molecule has 0 amide bonds. The largest absolute Gasteiger partial charge is 0.480 e. The van der Waals surface area contributed by atoms with Gasteiger partial charge in [0, 0.05) is 19.0 Å². The molecule has 1 heterocycles. The number of carbonyl (C=O) groups is 2. The lowest BCUT2D eigenvalue weighted by atomic mass is 9.84. The van der Waals surface area contributed by atoms with Crippen LogP contribution < -0.4 is 0 Å². The minimum Gasteiger partial charge on any atom is -0.480 e. The molecule has 1 rings (SSSR count). The van der Waals surface area contributed by atoms with Gasteiger partial charge in [-0.1, -0.05) is 11.6 Å². The molecule has 18 heavy (non-hydrogen) atoms. The van der Waals surface area contributed by atoms with Gasteiger partial charge in [0.1, 0.15) is 5.15 Å². The van der Waals surface area contributed by atoms with E-state index in [1.54, 1.807) is 14.0 Å². The first kappa shape index (κ1) is 14.5. The highest BCUT2D eigenvalue weighted by atomic mass is 35.5. The summed E-state index contributed by atoms with van der Waals surface area (Å²) in [5.41, 5.74) is -0.542. The summed E-state index contributed by atoms with van der Waals surface area (Å²) in [5, 5.41) is 13.6. The fourth-order valence-corrected chi connectivity index (χ4v) is 1.93. The first-order valence-electron chi connectivity index (χ1n) is 5.23. The van der Waals surface area contributed by atoms with Crippen LogP contribution >= 0.6 is 11.6 Å². The Morgan fingerprint density at radius 2 is 2.11 bits per heavy atom. The van der Waals surface area contributed by atoms with E-state index in [-0.39, 0.29) is 6.42 Å². The van der Waals surface area contributed by atoms with Gasteiger partial charge in [-0.05, 0) is 13.8 Å². The van der Waals surface area contributed by atoms with Crippen LogP contribution in [0.15, 0.2) is 0 Å². The number of nitrogens with zero attached hydrogens (tertiary/aromatic N) is 2. The number of esters is 1. The lowest BCUT2D eigenvalue weighted by Crippen LogP contribution is -2.39. The summed E-state index contributed by atoms with van der Waals surface area (Å²) in [6.07, 6.45) is -0.0620. The molecule has 0 aliphatic rings. The van der Waals surface area contributed by atoms with Crippen LogP contribution in [0.2, 0.25) is 5.15 Å². The second-order valence-electron chi connectivity index (χ2n) is 4.28. The number of hydrogen-bond acceptors (Lipinski definition) is 4. The molecule has 0 aliphatic heterocycles. The predicted octanol–water partition coefficient (Wildman–Crippen LogP) is 1.19. The number of halogens is 1. The summed E-state index contributed by atoms with van der Waals surface area (Å²) in [6, 6.07) is 0. The lowest BCUT2D eigenvalue weighted by Gasteiger charge is -2.21. The molecular weight excluding hydrogens is 260 g/mol. The number of aryl methyl sites for hydroxylation is 2. The zero-order valence-corrected chi connectivity index (χ0v) is 11.4. The Bertz CT molecular complexity index is 497. The number of carboxylic acid groups (broad SMARTS) is 1. The van der Waals surface area contributed by atoms with E-state index in [1.807, 2.05) is 0 Å². The highest BCUT2D eigenvalue weighted by Crippen LogP contribution is 2.30. The molecule has 0 fully saturated rings. The second-order valence-corrected chi connectivity index (χ2v) is 4.64. The van der Waals surface area contributed by atoms with Gasteiger partial charge < -0.3 is 9.84 Å². The van der Waals surface area contributed by atoms with Crippen LogP contribution in [0.4, 0.5) is 0 Å². The van der Waals surface area contributed by atoms with E-state index < -0.39 is 17.4 Å². The number of aliphatic carboxylic acids is 1. The summed E-state index contributed by atoms with van der Waals surface area (Å²) in [4.78, 5) is 22.9. The zero-order valence-electron chi connectivity index (χ0n) is 10.7. The van der Waals surface area contributed by atoms with E-state index in [2.05, 4.69) is 9.84 Å². The SMILES string of the molecule is COC(=O)C(C)(Cc1c(C)nn(C)c1Cl)C(=O)O. The van der Waals surface area contributed by atoms with Crippen LogP contribution in [-0.4, -0.2) is 33.9 Å². The zero-order chi connectivity index (χ0) is 14.1. The number of ether oxygens (including phenoxy) is 1. The van der Waals surface area contributed by atoms with Gasteiger partial charge in [0.15, 0.2) is 5.41 Å². The van der Waals surface area contributed by atoms with Gasteiger partial charge in [0.2, 0.25) is 0 Å². The molecule has 0 saturated heterocycles. The van der Waals surface area contributed by atoms with Crippen molar-refractivity contribution in [1.82, 2.24) is 9.78 Å². The Labute approximate surface area is 109 Å². The molecule has 0 aliphatic carbocycles. The molecule has 0 aromatic carbocycles. The fraction of sp³-hybridized carbons (Fsp3) is 0.545. The van der Waals surface area contributed by atoms with Crippen molar-refractivity contribution in [3.05, 3.63) is 16.4 Å². The van der Waals surface area contributed by atoms with Gasteiger partial charge >= 0.3 is 11.9 Å². The third-order valence-electron chi connectivity index (χ3n) is 2.91. The van der Waals surface area contributed by atoms with Gasteiger partial charge in [0.05, 0.1) is 12.8 Å². The topological polar surface area (TPSA) is 81.4 Å². The Balaban J connectivity index is 3.20. The number of carboxylic acids is 1. The maximum atomic E-state index is 11.6. The van der Waals surface area contributed by atoms with Gasteiger partial charge in [-0.3, -0.25) is 14.3 Å². The molecule has 1 N–H and O–H groups in total. The van der Waals surface area contributed by atoms with E-state index in [0.717, 1.165) is 7.11 Å². The molecule has 1 unspecified atom stereocenters. The first-order chi connectivity index (χ1) is 8.24. The molecule has 1 atom stereocenters. The van der Waals surface area contributed by atoms with Crippen LogP contribution in [0.25, 0.3) is 0 Å². The van der Waals surface area contributed by atoms with Gasteiger partial charge in [-0.25, -0.2) is 0 Å². The number of carbonyl (C=O) groups excluding carboxylic acids is 1. The number of methoxy groups -OCH3 is 1. The minimum atomic E-state index is -1.67. The molecule has 1 aromatic heterocycles. The maximum absolute atomic E-state index is 11.6. The predicted molar refractivity (Wildman–Crippen MR) is 64.4 cm³/mol. The average molecular weight is 275 g/mol. The summed E-state index contributed by atoms with van der Waals surface area (Å²) in [5.74, 6) is -2.07. The summed E-state index contributed by atoms with van der Waals surface area (Å²) in [7, 11) is 2.80. The first-order valence-corrected chi connectivity index (χ1v) is 5.61. The molecule has 7 heteroatoms. The second kappa shape index (κ2) is 4.97. The van der Waals surface area contributed by atoms with Gasteiger partial charge in [0.25, 0.3) is 0 Å². The van der Waals surface area contributed by atoms with Crippen LogP contribution in [0.5, 0.6) is 0 Å². The van der Waals surface area contributed by atoms with Gasteiger partial charge in [-0.2, -0.15) is 5.10 Å². The molecule has 0 bridgehead atoms. The van der Waals surface area contributed by atoms with Crippen molar-refractivity contribution in [1.29, 1.82) is 0 Å². The van der Waals surface area contributed by atoms with Crippen LogP contribution in [0, 0.1) is 12.3 Å². The van der Waals surface area contributed by atoms with Crippen LogP contribution in [0.3, 0.4) is 0 Å². The van der Waals surface area contributed by atoms with Crippen LogP contribution in [-0.2, 0) is 27.8 Å². The molecular formula is C11H15ClN2O4. The molecule has 6 nitrogen and oxygen atoms in total. The van der Waals surface area contributed by atoms with Crippen molar-refractivity contribution < 1.29 is 19.4 Å². The van der Waals surface area contributed by atoms with E-state index in [0.29, 0.717) is 16.4 Å². The van der Waals surface area contributed by atoms with Gasteiger partial charge in [-0.15, -0.1) is 0 Å². The monoisotopic (exact) mass is 274 g/mol. The average Bonchev–Trinajstić information content (AvgIpc) is 2.54. The lowest BCUT2D eigenvalue weighted by molar-refractivity contribution is -0.165. The Morgan fingerprint density at radius 3 is 2.44 bits per heavy atom. The van der Waals surface area contributed by atoms with E-state index in [9.17, 15) is 14.7 Å². The normalized spacial score (nSPS) is 14.1. The minimum absolute atomic E-state index is 0.0620. The van der Waals surface area contributed by atoms with E-state index in [4.69, 9.17) is 11.6 Å². The van der Waals surface area contributed by atoms with Crippen molar-refractivity contribution in [2.24, 2.45) is 12.5 Å². The van der Waals surface area contributed by atoms with Crippen molar-refractivity contribution in [3.63, 3.8) is 0 Å². The summed E-state index contributed by atoms with van der Waals surface area (Å²) >= 11 is 6.03. The fourth-order valence-electron chi connectivity index (χ4n) is 1.69. The molecule has 1 aromatic rings. The number of rotatable bonds is 4. The highest BCUT2D eigenvalue weighted by molar-refractivity contribution is 6.30. The quantitative estimate of drug-likeness (QED) is 0.659. The van der Waals surface area contributed by atoms with Crippen LogP contribution in [0.1, 0.15) is 18.2 Å². The maximum Gasteiger partial charge on any atom is 0.323 e. The van der Waals surface area contributed by atoms with Crippen molar-refractivity contribution >= 4 is 23.5 Å². The van der Waals surface area contributed by atoms with Crippen molar-refractivity contribution in [2.45, 2.75) is 20.3 Å². The molecule has 100 valence electrons. The third kappa shape index (κ3) is 2.33. The molecule has 0 radical (unpaired) electrons. The highest BCUT2D eigenvalue weighted by Gasteiger charge is 2.44. The molecule has 0 spiro atoms. The standard InChI is InChI=1S/C11H15ClN2O4/c1-6-7(8(12)14(3)13-6)5-11(2,9(15)16)10(17)18-4/h5H2,1-4H3,(H,15,16). The third-order valence-corrected chi connectivity index (χ3v) is 3.38. The molecule has 0 saturated carbocycles.